The predicted molar refractivity (Wildman–Crippen MR) is 51.3 cm³/mol. The molecule has 1 fully saturated rings. The van der Waals surface area contributed by atoms with Gasteiger partial charge in [-0.1, -0.05) is 12.1 Å². The number of hydrogen-bond acceptors (Lipinski definition) is 1. The first-order valence-corrected chi connectivity index (χ1v) is 4.88. The van der Waals surface area contributed by atoms with Gasteiger partial charge in [0, 0.05) is 6.04 Å². The van der Waals surface area contributed by atoms with Crippen molar-refractivity contribution < 1.29 is 8.78 Å². The van der Waals surface area contributed by atoms with Gasteiger partial charge < -0.3 is 5.32 Å². The molecule has 0 aliphatic carbocycles. The first-order chi connectivity index (χ1) is 6.75. The highest BCUT2D eigenvalue weighted by atomic mass is 19.1. The summed E-state index contributed by atoms with van der Waals surface area (Å²) in [7, 11) is 0. The van der Waals surface area contributed by atoms with E-state index in [1.807, 2.05) is 0 Å². The monoisotopic (exact) mass is 197 g/mol. The van der Waals surface area contributed by atoms with Gasteiger partial charge in [0.25, 0.3) is 0 Å². The molecule has 14 heavy (non-hydrogen) atoms. The van der Waals surface area contributed by atoms with Gasteiger partial charge in [0.15, 0.2) is 0 Å². The maximum atomic E-state index is 13.1. The van der Waals surface area contributed by atoms with Crippen molar-refractivity contribution in [3.8, 4) is 0 Å². The van der Waals surface area contributed by atoms with E-state index in [9.17, 15) is 8.78 Å². The van der Waals surface area contributed by atoms with E-state index in [0.29, 0.717) is 19.4 Å². The zero-order valence-electron chi connectivity index (χ0n) is 7.84. The van der Waals surface area contributed by atoms with Crippen LogP contribution in [-0.2, 0) is 0 Å². The summed E-state index contributed by atoms with van der Waals surface area (Å²) in [5.41, 5.74) is 0.966. The molecule has 1 heterocycles. The molecule has 1 aromatic rings. The minimum Gasteiger partial charge on any atom is -0.310 e. The summed E-state index contributed by atoms with van der Waals surface area (Å²) in [5.74, 6) is -0.249. The Balaban J connectivity index is 2.10. The molecule has 0 bridgehead atoms. The minimum atomic E-state index is -0.730. The van der Waals surface area contributed by atoms with Gasteiger partial charge in [-0.25, -0.2) is 8.78 Å². The lowest BCUT2D eigenvalue weighted by molar-refractivity contribution is 0.224. The van der Waals surface area contributed by atoms with Crippen LogP contribution in [0.25, 0.3) is 0 Å². The molecule has 0 spiro atoms. The van der Waals surface area contributed by atoms with Crippen molar-refractivity contribution in [2.24, 2.45) is 0 Å². The van der Waals surface area contributed by atoms with E-state index in [2.05, 4.69) is 5.32 Å². The van der Waals surface area contributed by atoms with Gasteiger partial charge >= 0.3 is 0 Å². The quantitative estimate of drug-likeness (QED) is 0.729. The molecular weight excluding hydrogens is 184 g/mol. The van der Waals surface area contributed by atoms with Crippen LogP contribution in [0.1, 0.15) is 24.4 Å². The third-order valence-electron chi connectivity index (χ3n) is 2.61. The molecule has 1 N–H and O–H groups in total. The third kappa shape index (κ3) is 2.10. The lowest BCUT2D eigenvalue weighted by Crippen LogP contribution is -2.32. The topological polar surface area (TPSA) is 12.0 Å². The van der Waals surface area contributed by atoms with E-state index in [-0.39, 0.29) is 11.9 Å². The average Bonchev–Trinajstić information content (AvgIpc) is 2.19. The van der Waals surface area contributed by atoms with Crippen LogP contribution in [0.3, 0.4) is 0 Å². The van der Waals surface area contributed by atoms with Gasteiger partial charge in [0.05, 0.1) is 0 Å². The zero-order chi connectivity index (χ0) is 9.97. The van der Waals surface area contributed by atoms with Crippen LogP contribution >= 0.6 is 0 Å². The van der Waals surface area contributed by atoms with E-state index in [1.165, 1.54) is 12.1 Å². The fraction of sp³-hybridized carbons (Fsp3) is 0.455. The first-order valence-electron chi connectivity index (χ1n) is 4.88. The normalized spacial score (nSPS) is 27.6. The molecule has 1 nitrogen and oxygen atoms in total. The van der Waals surface area contributed by atoms with Gasteiger partial charge in [0.2, 0.25) is 0 Å². The van der Waals surface area contributed by atoms with E-state index < -0.39 is 6.17 Å². The Bertz CT molecular complexity index is 297. The maximum Gasteiger partial charge on any atom is 0.123 e. The first kappa shape index (κ1) is 9.59. The second-order valence-corrected chi connectivity index (χ2v) is 3.68. The Kier molecular flexibility index (Phi) is 2.77. The summed E-state index contributed by atoms with van der Waals surface area (Å²) >= 11 is 0. The largest absolute Gasteiger partial charge is 0.310 e. The molecule has 3 heteroatoms. The van der Waals surface area contributed by atoms with Crippen molar-refractivity contribution in [2.45, 2.75) is 25.1 Å². The number of nitrogens with one attached hydrogen (secondary N) is 1. The van der Waals surface area contributed by atoms with E-state index in [0.717, 1.165) is 5.56 Å². The van der Waals surface area contributed by atoms with Gasteiger partial charge in [0.1, 0.15) is 12.0 Å². The van der Waals surface area contributed by atoms with E-state index in [4.69, 9.17) is 0 Å². The highest BCUT2D eigenvalue weighted by Crippen LogP contribution is 2.24. The molecule has 76 valence electrons. The van der Waals surface area contributed by atoms with Crippen molar-refractivity contribution >= 4 is 0 Å². The van der Waals surface area contributed by atoms with Gasteiger partial charge in [-0.15, -0.1) is 0 Å². The summed E-state index contributed by atoms with van der Waals surface area (Å²) in [6.07, 6.45) is 0.342. The molecular formula is C11H13F2N. The Morgan fingerprint density at radius 2 is 1.93 bits per heavy atom. The average molecular weight is 197 g/mol. The molecule has 0 radical (unpaired) electrons. The lowest BCUT2D eigenvalue weighted by atomic mass is 9.96. The number of rotatable bonds is 1. The number of hydrogen-bond donors (Lipinski definition) is 1. The highest BCUT2D eigenvalue weighted by Gasteiger charge is 2.21. The molecule has 1 aliphatic rings. The summed E-state index contributed by atoms with van der Waals surface area (Å²) < 4.78 is 25.7. The summed E-state index contributed by atoms with van der Waals surface area (Å²) in [6.45, 7) is 0.698. The highest BCUT2D eigenvalue weighted by molar-refractivity contribution is 5.20. The van der Waals surface area contributed by atoms with Crippen molar-refractivity contribution in [3.05, 3.63) is 35.6 Å². The molecule has 1 aliphatic heterocycles. The van der Waals surface area contributed by atoms with Gasteiger partial charge in [-0.05, 0) is 37.1 Å². The van der Waals surface area contributed by atoms with Crippen molar-refractivity contribution in [2.75, 3.05) is 6.54 Å². The fourth-order valence-electron chi connectivity index (χ4n) is 1.82. The van der Waals surface area contributed by atoms with Crippen LogP contribution in [0.5, 0.6) is 0 Å². The molecule has 2 atom stereocenters. The molecule has 0 amide bonds. The van der Waals surface area contributed by atoms with Crippen LogP contribution in [0.2, 0.25) is 0 Å². The molecule has 1 aromatic carbocycles. The molecule has 0 saturated carbocycles. The van der Waals surface area contributed by atoms with Crippen LogP contribution in [-0.4, -0.2) is 12.7 Å². The minimum absolute atomic E-state index is 0.0411. The number of halogens is 2. The van der Waals surface area contributed by atoms with Crippen LogP contribution in [0.15, 0.2) is 24.3 Å². The van der Waals surface area contributed by atoms with Crippen LogP contribution < -0.4 is 5.32 Å². The predicted octanol–water partition coefficient (Wildman–Crippen LogP) is 2.59. The summed E-state index contributed by atoms with van der Waals surface area (Å²) in [5, 5.41) is 3.22. The fourth-order valence-corrected chi connectivity index (χ4v) is 1.82. The Hall–Kier alpha value is -0.960. The van der Waals surface area contributed by atoms with Gasteiger partial charge in [-0.2, -0.15) is 0 Å². The Morgan fingerprint density at radius 3 is 2.57 bits per heavy atom. The smallest absolute Gasteiger partial charge is 0.123 e. The summed E-state index contributed by atoms with van der Waals surface area (Å²) in [4.78, 5) is 0. The molecule has 2 unspecified atom stereocenters. The van der Waals surface area contributed by atoms with E-state index in [1.54, 1.807) is 12.1 Å². The SMILES string of the molecule is Fc1ccc(C2CC(F)CCN2)cc1. The van der Waals surface area contributed by atoms with Crippen LogP contribution in [0, 0.1) is 5.82 Å². The number of piperidine rings is 1. The molecule has 0 aromatic heterocycles. The second kappa shape index (κ2) is 4.05. The molecule has 1 saturated heterocycles. The number of alkyl halides is 1. The maximum absolute atomic E-state index is 13.1. The second-order valence-electron chi connectivity index (χ2n) is 3.68. The van der Waals surface area contributed by atoms with Gasteiger partial charge in [-0.3, -0.25) is 0 Å². The molecule has 2 rings (SSSR count). The zero-order valence-corrected chi connectivity index (χ0v) is 7.84. The summed E-state index contributed by atoms with van der Waals surface area (Å²) in [6, 6.07) is 6.30. The van der Waals surface area contributed by atoms with E-state index >= 15 is 0 Å². The van der Waals surface area contributed by atoms with Crippen molar-refractivity contribution in [1.29, 1.82) is 0 Å². The third-order valence-corrected chi connectivity index (χ3v) is 2.61. The van der Waals surface area contributed by atoms with Crippen molar-refractivity contribution in [3.63, 3.8) is 0 Å². The lowest BCUT2D eigenvalue weighted by Gasteiger charge is -2.26. The number of benzene rings is 1. The Labute approximate surface area is 82.1 Å². The standard InChI is InChI=1S/C11H13F2N/c12-9-3-1-8(2-4-9)11-7-10(13)5-6-14-11/h1-4,10-11,14H,5-7H2. The Morgan fingerprint density at radius 1 is 1.21 bits per heavy atom. The van der Waals surface area contributed by atoms with Crippen LogP contribution in [0.4, 0.5) is 8.78 Å². The van der Waals surface area contributed by atoms with Crippen molar-refractivity contribution in [1.82, 2.24) is 5.32 Å².